The van der Waals surface area contributed by atoms with Crippen LogP contribution in [0, 0.1) is 5.92 Å². The molecule has 7 nitrogen and oxygen atoms in total. The van der Waals surface area contributed by atoms with E-state index in [1.165, 1.54) is 12.4 Å². The van der Waals surface area contributed by atoms with Crippen molar-refractivity contribution in [2.24, 2.45) is 5.92 Å². The Hall–Kier alpha value is -0.470. The number of hydroxylamine groups is 1. The van der Waals surface area contributed by atoms with Crippen molar-refractivity contribution < 1.29 is 24.3 Å². The van der Waals surface area contributed by atoms with Gasteiger partial charge in [0.25, 0.3) is 5.91 Å². The van der Waals surface area contributed by atoms with Gasteiger partial charge in [0.15, 0.2) is 0 Å². The average molecular weight is 254 g/mol. The van der Waals surface area contributed by atoms with Gasteiger partial charge in [0.05, 0.1) is 0 Å². The number of hydrogen-bond donors (Lipinski definition) is 3. The number of amides is 1. The number of rotatable bonds is 3. The molecule has 0 aromatic carbocycles. The summed E-state index contributed by atoms with van der Waals surface area (Å²) >= 11 is 0. The van der Waals surface area contributed by atoms with E-state index in [1.54, 1.807) is 0 Å². The van der Waals surface area contributed by atoms with Crippen molar-refractivity contribution in [1.29, 1.82) is 0 Å². The third-order valence-electron chi connectivity index (χ3n) is 2.40. The molecule has 1 amide bonds. The van der Waals surface area contributed by atoms with Crippen LogP contribution in [-0.4, -0.2) is 65.2 Å². The molecular weight excluding hydrogens is 239 g/mol. The zero-order chi connectivity index (χ0) is 12.1. The van der Waals surface area contributed by atoms with Crippen LogP contribution in [0.25, 0.3) is 0 Å². The van der Waals surface area contributed by atoms with Crippen LogP contribution in [0.3, 0.4) is 0 Å². The first kappa shape index (κ1) is 16.5. The fraction of sp³-hybridized carbons (Fsp3) is 0.667. The zero-order valence-corrected chi connectivity index (χ0v) is 8.86. The zero-order valence-electron chi connectivity index (χ0n) is 8.86. The summed E-state index contributed by atoms with van der Waals surface area (Å²) in [6.45, 7) is 1.95. The van der Waals surface area contributed by atoms with Gasteiger partial charge in [-0.25, -0.2) is 10.3 Å². The molecule has 1 aliphatic heterocycles. The Kier molecular flexibility index (Phi) is 7.56. The summed E-state index contributed by atoms with van der Waals surface area (Å²) in [5, 5.41) is 11.2. The van der Waals surface area contributed by atoms with Crippen LogP contribution in [0.2, 0.25) is 0 Å². The number of carbonyl (C=O) groups is 3. The third-order valence-corrected chi connectivity index (χ3v) is 2.40. The van der Waals surface area contributed by atoms with Crippen LogP contribution in [0.15, 0.2) is 0 Å². The van der Waals surface area contributed by atoms with E-state index in [4.69, 9.17) is 5.21 Å². The Morgan fingerprint density at radius 3 is 2.59 bits per heavy atom. The van der Waals surface area contributed by atoms with Gasteiger partial charge in [-0.05, 0) is 26.3 Å². The molecule has 0 radical (unpaired) electrons. The van der Waals surface area contributed by atoms with Crippen LogP contribution >= 0.6 is 0 Å². The minimum atomic E-state index is -1.21. The van der Waals surface area contributed by atoms with Crippen LogP contribution in [0.1, 0.15) is 19.8 Å². The molecule has 0 bridgehead atoms. The molecule has 3 N–H and O–H groups in total. The van der Waals surface area contributed by atoms with E-state index in [0.717, 1.165) is 6.42 Å². The van der Waals surface area contributed by atoms with E-state index in [2.05, 4.69) is 10.1 Å². The first-order chi connectivity index (χ1) is 7.56. The molecule has 17 heavy (non-hydrogen) atoms. The summed E-state index contributed by atoms with van der Waals surface area (Å²) in [6, 6.07) is -0.478. The number of ether oxygens (including phenoxy) is 1. The molecule has 0 aliphatic carbocycles. The molecule has 1 saturated heterocycles. The van der Waals surface area contributed by atoms with Crippen LogP contribution in [-0.2, 0) is 19.1 Å². The number of nitrogens with one attached hydrogen (secondary N) is 2. The average Bonchev–Trinajstić information content (AvgIpc) is 2.80. The minimum absolute atomic E-state index is 0. The predicted octanol–water partition coefficient (Wildman–Crippen LogP) is -1.70. The standard InChI is InChI=1S/C9H14N2O5.Na.H/c1-5(7(12)11-15)8(13)16-9(14)6-3-2-4-10-6;;/h5-6,10,15H,2-4H2,1H3,(H,11,12);;/t5?,6-;;/m0../s1. The predicted molar refractivity (Wildman–Crippen MR) is 58.4 cm³/mol. The van der Waals surface area contributed by atoms with E-state index in [0.29, 0.717) is 13.0 Å². The van der Waals surface area contributed by atoms with Crippen molar-refractivity contribution in [3.05, 3.63) is 0 Å². The third kappa shape index (κ3) is 4.72. The number of hydrogen-bond acceptors (Lipinski definition) is 6. The molecule has 1 rings (SSSR count). The van der Waals surface area contributed by atoms with Crippen molar-refractivity contribution in [1.82, 2.24) is 10.8 Å². The second kappa shape index (κ2) is 7.78. The fourth-order valence-corrected chi connectivity index (χ4v) is 1.35. The Labute approximate surface area is 121 Å². The van der Waals surface area contributed by atoms with E-state index in [9.17, 15) is 14.4 Å². The molecule has 1 unspecified atom stereocenters. The van der Waals surface area contributed by atoms with E-state index >= 15 is 0 Å². The SMILES string of the molecule is CC(C(=O)NO)C(=O)OC(=O)[C@@H]1CCCN1.[NaH]. The second-order valence-corrected chi connectivity index (χ2v) is 3.59. The maximum atomic E-state index is 11.4. The maximum absolute atomic E-state index is 11.4. The topological polar surface area (TPSA) is 105 Å². The second-order valence-electron chi connectivity index (χ2n) is 3.59. The summed E-state index contributed by atoms with van der Waals surface area (Å²) in [7, 11) is 0. The van der Waals surface area contributed by atoms with Gasteiger partial charge in [-0.1, -0.05) is 0 Å². The van der Waals surface area contributed by atoms with E-state index in [-0.39, 0.29) is 29.6 Å². The van der Waals surface area contributed by atoms with Gasteiger partial charge in [-0.3, -0.25) is 14.8 Å². The van der Waals surface area contributed by atoms with Gasteiger partial charge in [0.1, 0.15) is 12.0 Å². The number of esters is 2. The van der Waals surface area contributed by atoms with E-state index < -0.39 is 29.8 Å². The van der Waals surface area contributed by atoms with Crippen LogP contribution in [0.5, 0.6) is 0 Å². The number of carbonyl (C=O) groups excluding carboxylic acids is 3. The summed E-state index contributed by atoms with van der Waals surface area (Å²) in [5.41, 5.74) is 1.32. The summed E-state index contributed by atoms with van der Waals surface area (Å²) in [5.74, 6) is -3.77. The quantitative estimate of drug-likeness (QED) is 0.182. The molecule has 0 saturated carbocycles. The van der Waals surface area contributed by atoms with Gasteiger partial charge < -0.3 is 10.1 Å². The Balaban J connectivity index is 0.00000256. The molecule has 92 valence electrons. The van der Waals surface area contributed by atoms with Crippen molar-refractivity contribution >= 4 is 47.4 Å². The molecule has 2 atom stereocenters. The molecule has 0 aromatic heterocycles. The monoisotopic (exact) mass is 254 g/mol. The van der Waals surface area contributed by atoms with Crippen molar-refractivity contribution in [3.8, 4) is 0 Å². The fourth-order valence-electron chi connectivity index (χ4n) is 1.35. The van der Waals surface area contributed by atoms with Crippen molar-refractivity contribution in [2.75, 3.05) is 6.54 Å². The van der Waals surface area contributed by atoms with Crippen molar-refractivity contribution in [2.45, 2.75) is 25.8 Å². The summed E-state index contributed by atoms with van der Waals surface area (Å²) < 4.78 is 4.51. The van der Waals surface area contributed by atoms with Crippen LogP contribution in [0.4, 0.5) is 0 Å². The molecule has 1 aliphatic rings. The van der Waals surface area contributed by atoms with Crippen molar-refractivity contribution in [3.63, 3.8) is 0 Å². The Bertz CT molecular complexity index is 304. The normalized spacial score (nSPS) is 20.0. The van der Waals surface area contributed by atoms with Crippen LogP contribution < -0.4 is 10.8 Å². The Morgan fingerprint density at radius 1 is 1.47 bits per heavy atom. The Morgan fingerprint density at radius 2 is 2.12 bits per heavy atom. The molecule has 0 spiro atoms. The first-order valence-corrected chi connectivity index (χ1v) is 4.99. The first-order valence-electron chi connectivity index (χ1n) is 4.99. The molecule has 1 fully saturated rings. The van der Waals surface area contributed by atoms with Gasteiger partial charge >= 0.3 is 41.5 Å². The van der Waals surface area contributed by atoms with Gasteiger partial charge in [0, 0.05) is 0 Å². The van der Waals surface area contributed by atoms with Gasteiger partial charge in [0.2, 0.25) is 0 Å². The summed E-state index contributed by atoms with van der Waals surface area (Å²) in [4.78, 5) is 33.5. The van der Waals surface area contributed by atoms with Gasteiger partial charge in [-0.15, -0.1) is 0 Å². The van der Waals surface area contributed by atoms with Gasteiger partial charge in [-0.2, -0.15) is 0 Å². The summed E-state index contributed by atoms with van der Waals surface area (Å²) in [6.07, 6.45) is 1.47. The molecular formula is C9H15N2NaO5. The molecule has 1 heterocycles. The molecule has 8 heteroatoms. The van der Waals surface area contributed by atoms with E-state index in [1.807, 2.05) is 0 Å². The molecule has 0 aromatic rings.